The highest BCUT2D eigenvalue weighted by Crippen LogP contribution is 2.31. The summed E-state index contributed by atoms with van der Waals surface area (Å²) in [6, 6.07) is 14.0. The molecule has 4 aromatic rings. The average Bonchev–Trinajstić information content (AvgIpc) is 3.41. The summed E-state index contributed by atoms with van der Waals surface area (Å²) in [4.78, 5) is 18.3. The van der Waals surface area contributed by atoms with Crippen LogP contribution in [0.3, 0.4) is 0 Å². The van der Waals surface area contributed by atoms with E-state index in [-0.39, 0.29) is 12.5 Å². The van der Waals surface area contributed by atoms with Gasteiger partial charge in [-0.1, -0.05) is 6.07 Å². The van der Waals surface area contributed by atoms with E-state index in [4.69, 9.17) is 14.2 Å². The number of ether oxygens (including phenoxy) is 3. The molecule has 0 fully saturated rings. The van der Waals surface area contributed by atoms with Gasteiger partial charge in [0.05, 0.1) is 19.2 Å². The summed E-state index contributed by atoms with van der Waals surface area (Å²) in [5, 5.41) is 2.11. The number of nitrogens with zero attached hydrogens (tertiary/aromatic N) is 2. The van der Waals surface area contributed by atoms with E-state index in [2.05, 4.69) is 15.6 Å². The van der Waals surface area contributed by atoms with Crippen molar-refractivity contribution in [1.29, 1.82) is 0 Å². The third kappa shape index (κ3) is 3.69. The minimum atomic E-state index is -0.0104. The van der Waals surface area contributed by atoms with Crippen LogP contribution in [0.5, 0.6) is 11.5 Å². The van der Waals surface area contributed by atoms with Gasteiger partial charge in [-0.3, -0.25) is 4.79 Å². The fourth-order valence-corrected chi connectivity index (χ4v) is 4.47. The van der Waals surface area contributed by atoms with Gasteiger partial charge < -0.3 is 28.7 Å². The maximum atomic E-state index is 13.0. The number of fused-ring (bicyclic) bond motifs is 4. The van der Waals surface area contributed by atoms with Crippen LogP contribution in [0, 0.1) is 0 Å². The molecular weight excluding hydrogens is 406 g/mol. The summed E-state index contributed by atoms with van der Waals surface area (Å²) in [5.41, 5.74) is 4.50. The fourth-order valence-electron chi connectivity index (χ4n) is 4.47. The molecule has 2 aromatic heterocycles. The monoisotopic (exact) mass is 433 g/mol. The first kappa shape index (κ1) is 20.5. The second kappa shape index (κ2) is 8.59. The second-order valence-corrected chi connectivity index (χ2v) is 8.04. The molecule has 7 heteroatoms. The van der Waals surface area contributed by atoms with Crippen LogP contribution < -0.4 is 9.47 Å². The molecule has 0 saturated heterocycles. The van der Waals surface area contributed by atoms with Gasteiger partial charge in [0.1, 0.15) is 11.5 Å². The quantitative estimate of drug-likeness (QED) is 0.482. The highest BCUT2D eigenvalue weighted by atomic mass is 16.5. The van der Waals surface area contributed by atoms with Gasteiger partial charge in [0.2, 0.25) is 0 Å². The van der Waals surface area contributed by atoms with Crippen molar-refractivity contribution in [3.05, 3.63) is 59.9 Å². The Morgan fingerprint density at radius 1 is 1.12 bits per heavy atom. The molecule has 1 aliphatic heterocycles. The first-order valence-corrected chi connectivity index (χ1v) is 10.8. The molecule has 0 saturated carbocycles. The number of rotatable bonds is 7. The summed E-state index contributed by atoms with van der Waals surface area (Å²) in [7, 11) is 3.36. The third-order valence-corrected chi connectivity index (χ3v) is 6.20. The number of amides is 1. The van der Waals surface area contributed by atoms with E-state index in [0.29, 0.717) is 19.7 Å². The number of carbonyl (C=O) groups excluding carboxylic acids is 1. The van der Waals surface area contributed by atoms with Crippen LogP contribution in [-0.4, -0.2) is 54.3 Å². The van der Waals surface area contributed by atoms with Crippen molar-refractivity contribution in [2.75, 3.05) is 34.0 Å². The van der Waals surface area contributed by atoms with Crippen LogP contribution >= 0.6 is 0 Å². The molecular formula is C25H27N3O4. The fraction of sp³-hybridized carbons (Fsp3) is 0.320. The molecule has 0 radical (unpaired) electrons. The molecule has 0 bridgehead atoms. The molecule has 1 aliphatic rings. The maximum absolute atomic E-state index is 13.0. The number of methoxy groups -OCH3 is 2. The summed E-state index contributed by atoms with van der Waals surface area (Å²) in [6.45, 7) is 2.68. The second-order valence-electron chi connectivity index (χ2n) is 8.04. The Morgan fingerprint density at radius 2 is 2.03 bits per heavy atom. The maximum Gasteiger partial charge on any atom is 0.260 e. The lowest BCUT2D eigenvalue weighted by Crippen LogP contribution is -2.38. The van der Waals surface area contributed by atoms with E-state index < -0.39 is 0 Å². The van der Waals surface area contributed by atoms with Crippen LogP contribution in [0.25, 0.3) is 21.8 Å². The topological polar surface area (TPSA) is 68.7 Å². The SMILES string of the molecule is COCCn1ccc2c(OCC(=O)N3CCc4[nH]c5ccc(OC)cc5c4C3)cccc21. The number of aromatic amines is 1. The zero-order valence-corrected chi connectivity index (χ0v) is 18.4. The minimum Gasteiger partial charge on any atom is -0.497 e. The summed E-state index contributed by atoms with van der Waals surface area (Å²) >= 11 is 0. The molecule has 1 amide bonds. The number of hydrogen-bond acceptors (Lipinski definition) is 4. The highest BCUT2D eigenvalue weighted by molar-refractivity contribution is 5.88. The van der Waals surface area contributed by atoms with Crippen LogP contribution in [-0.2, 0) is 29.0 Å². The highest BCUT2D eigenvalue weighted by Gasteiger charge is 2.24. The van der Waals surface area contributed by atoms with Crippen molar-refractivity contribution >= 4 is 27.7 Å². The molecule has 0 atom stereocenters. The Hall–Kier alpha value is -3.45. The van der Waals surface area contributed by atoms with E-state index in [1.54, 1.807) is 14.2 Å². The first-order chi connectivity index (χ1) is 15.7. The number of carbonyl (C=O) groups is 1. The lowest BCUT2D eigenvalue weighted by molar-refractivity contribution is -0.134. The van der Waals surface area contributed by atoms with Gasteiger partial charge in [0, 0.05) is 66.9 Å². The van der Waals surface area contributed by atoms with Gasteiger partial charge in [-0.05, 0) is 36.4 Å². The smallest absolute Gasteiger partial charge is 0.260 e. The summed E-state index contributed by atoms with van der Waals surface area (Å²) in [6.07, 6.45) is 2.83. The Labute approximate surface area is 186 Å². The molecule has 0 aliphatic carbocycles. The summed E-state index contributed by atoms with van der Waals surface area (Å²) < 4.78 is 18.7. The number of aromatic nitrogens is 2. The molecule has 0 unspecified atom stereocenters. The van der Waals surface area contributed by atoms with E-state index >= 15 is 0 Å². The van der Waals surface area contributed by atoms with Crippen molar-refractivity contribution in [3.8, 4) is 11.5 Å². The van der Waals surface area contributed by atoms with Crippen LogP contribution in [0.4, 0.5) is 0 Å². The number of benzene rings is 2. The van der Waals surface area contributed by atoms with Crippen LogP contribution in [0.2, 0.25) is 0 Å². The van der Waals surface area contributed by atoms with Gasteiger partial charge in [-0.25, -0.2) is 0 Å². The Bertz CT molecular complexity index is 1270. The molecule has 7 nitrogen and oxygen atoms in total. The number of H-pyrrole nitrogens is 1. The van der Waals surface area contributed by atoms with Gasteiger partial charge in [-0.15, -0.1) is 0 Å². The van der Waals surface area contributed by atoms with E-state index in [9.17, 15) is 4.79 Å². The zero-order valence-electron chi connectivity index (χ0n) is 18.4. The first-order valence-electron chi connectivity index (χ1n) is 10.8. The molecule has 1 N–H and O–H groups in total. The molecule has 3 heterocycles. The number of nitrogens with one attached hydrogen (secondary N) is 1. The normalized spacial score (nSPS) is 13.5. The standard InChI is InChI=1S/C25H27N3O4/c1-30-13-12-27-10-8-18-23(27)4-3-5-24(18)32-16-25(29)28-11-9-22-20(15-28)19-14-17(31-2)6-7-21(19)26-22/h3-8,10,14,26H,9,11-13,15-16H2,1-2H3. The van der Waals surface area contributed by atoms with Crippen molar-refractivity contribution in [1.82, 2.24) is 14.5 Å². The predicted octanol–water partition coefficient (Wildman–Crippen LogP) is 3.74. The molecule has 166 valence electrons. The Morgan fingerprint density at radius 3 is 2.88 bits per heavy atom. The molecule has 0 spiro atoms. The van der Waals surface area contributed by atoms with Crippen LogP contribution in [0.1, 0.15) is 11.3 Å². The largest absolute Gasteiger partial charge is 0.497 e. The number of hydrogen-bond donors (Lipinski definition) is 1. The Balaban J connectivity index is 1.30. The summed E-state index contributed by atoms with van der Waals surface area (Å²) in [5.74, 6) is 1.53. The van der Waals surface area contributed by atoms with E-state index in [1.165, 1.54) is 5.69 Å². The minimum absolute atomic E-state index is 0.0104. The van der Waals surface area contributed by atoms with Crippen molar-refractivity contribution < 1.29 is 19.0 Å². The van der Waals surface area contributed by atoms with E-state index in [1.807, 2.05) is 47.5 Å². The van der Waals surface area contributed by atoms with Crippen LogP contribution in [0.15, 0.2) is 48.7 Å². The van der Waals surface area contributed by atoms with Crippen molar-refractivity contribution in [2.45, 2.75) is 19.5 Å². The third-order valence-electron chi connectivity index (χ3n) is 6.20. The molecule has 2 aromatic carbocycles. The van der Waals surface area contributed by atoms with E-state index in [0.717, 1.165) is 51.8 Å². The van der Waals surface area contributed by atoms with Crippen molar-refractivity contribution in [3.63, 3.8) is 0 Å². The van der Waals surface area contributed by atoms with Crippen molar-refractivity contribution in [2.24, 2.45) is 0 Å². The lowest BCUT2D eigenvalue weighted by atomic mass is 10.0. The predicted molar refractivity (Wildman–Crippen MR) is 123 cm³/mol. The molecule has 5 rings (SSSR count). The Kier molecular flexibility index (Phi) is 5.49. The van der Waals surface area contributed by atoms with Gasteiger partial charge in [0.25, 0.3) is 5.91 Å². The molecule has 32 heavy (non-hydrogen) atoms. The van der Waals surface area contributed by atoms with Gasteiger partial charge in [0.15, 0.2) is 6.61 Å². The van der Waals surface area contributed by atoms with Gasteiger partial charge in [-0.2, -0.15) is 0 Å². The average molecular weight is 434 g/mol. The van der Waals surface area contributed by atoms with Gasteiger partial charge >= 0.3 is 0 Å². The lowest BCUT2D eigenvalue weighted by Gasteiger charge is -2.27. The zero-order chi connectivity index (χ0) is 22.1.